The van der Waals surface area contributed by atoms with Crippen molar-refractivity contribution >= 4 is 32.2 Å². The fourth-order valence-corrected chi connectivity index (χ4v) is 9.97. The molecule has 160 valence electrons. The van der Waals surface area contributed by atoms with Crippen LogP contribution in [0.15, 0.2) is 65.1 Å². The molecule has 1 aliphatic heterocycles. The van der Waals surface area contributed by atoms with Gasteiger partial charge in [0.2, 0.25) is 0 Å². The normalized spacial score (nSPS) is 29.8. The molecule has 2 aliphatic carbocycles. The van der Waals surface area contributed by atoms with Crippen LogP contribution in [0.4, 0.5) is 0 Å². The van der Waals surface area contributed by atoms with E-state index in [-0.39, 0.29) is 46.4 Å². The van der Waals surface area contributed by atoms with Gasteiger partial charge in [0.25, 0.3) is 0 Å². The summed E-state index contributed by atoms with van der Waals surface area (Å²) in [6.45, 7) is 1.73. The number of fused-ring (bicyclic) bond motifs is 4. The summed E-state index contributed by atoms with van der Waals surface area (Å²) in [5.41, 5.74) is 2.03. The number of ketones is 2. The number of hydrogen-bond donors (Lipinski definition) is 0. The van der Waals surface area contributed by atoms with Gasteiger partial charge in [0.05, 0.1) is 11.7 Å². The molecule has 0 N–H and O–H groups in total. The number of allylic oxidation sites excluding steroid dienone is 2. The van der Waals surface area contributed by atoms with Crippen LogP contribution in [0.1, 0.15) is 46.0 Å². The molecule has 3 aliphatic rings. The Morgan fingerprint density at radius 3 is 2.32 bits per heavy atom. The zero-order chi connectivity index (χ0) is 22.0. The Labute approximate surface area is 183 Å². The van der Waals surface area contributed by atoms with Gasteiger partial charge in [0, 0.05) is 38.5 Å². The molecule has 0 bridgehead atoms. The minimum Gasteiger partial charge on any atom is -0.294 e. The average Bonchev–Trinajstić information content (AvgIpc) is 3.09. The van der Waals surface area contributed by atoms with Crippen molar-refractivity contribution in [3.8, 4) is 0 Å². The van der Waals surface area contributed by atoms with E-state index in [0.717, 1.165) is 5.56 Å². The molecule has 7 heteroatoms. The Morgan fingerprint density at radius 2 is 1.61 bits per heavy atom. The molecule has 0 radical (unpaired) electrons. The van der Waals surface area contributed by atoms with Crippen LogP contribution in [0.5, 0.6) is 0 Å². The third kappa shape index (κ3) is 2.79. The van der Waals surface area contributed by atoms with E-state index < -0.39 is 37.2 Å². The number of hydrogen-bond acceptors (Lipinski definition) is 5. The summed E-state index contributed by atoms with van der Waals surface area (Å²) in [4.78, 5) is 27.9. The van der Waals surface area contributed by atoms with Crippen LogP contribution in [-0.2, 0) is 26.4 Å². The predicted molar refractivity (Wildman–Crippen MR) is 119 cm³/mol. The maximum Gasteiger partial charge on any atom is 0.183 e. The van der Waals surface area contributed by atoms with Crippen LogP contribution in [0, 0.1) is 11.8 Å². The van der Waals surface area contributed by atoms with Crippen LogP contribution in [0.25, 0.3) is 0 Å². The van der Waals surface area contributed by atoms with Crippen molar-refractivity contribution in [2.75, 3.05) is 5.75 Å². The van der Waals surface area contributed by atoms with Gasteiger partial charge in [-0.15, -0.1) is 0 Å². The Balaban J connectivity index is 1.76. The van der Waals surface area contributed by atoms with Crippen LogP contribution in [-0.4, -0.2) is 34.7 Å². The predicted octanol–water partition coefficient (Wildman–Crippen LogP) is 3.48. The quantitative estimate of drug-likeness (QED) is 0.709. The van der Waals surface area contributed by atoms with Crippen molar-refractivity contribution in [1.82, 2.24) is 0 Å². The third-order valence-corrected chi connectivity index (χ3v) is 11.1. The molecule has 0 unspecified atom stereocenters. The topological polar surface area (TPSA) is 85.3 Å². The van der Waals surface area contributed by atoms with Crippen molar-refractivity contribution in [3.05, 3.63) is 81.8 Å². The number of carbonyl (C=O) groups excluding carboxylic acids is 2. The van der Waals surface area contributed by atoms with Gasteiger partial charge in [-0.3, -0.25) is 13.8 Å². The average molecular weight is 455 g/mol. The minimum absolute atomic E-state index is 0.0789. The van der Waals surface area contributed by atoms with E-state index in [1.54, 1.807) is 31.2 Å². The number of carbonyl (C=O) groups is 2. The van der Waals surface area contributed by atoms with E-state index in [4.69, 9.17) is 0 Å². The zero-order valence-corrected chi connectivity index (χ0v) is 18.7. The molecule has 0 saturated carbocycles. The Bertz CT molecular complexity index is 1280. The fourth-order valence-electron chi connectivity index (χ4n) is 5.67. The van der Waals surface area contributed by atoms with Crippen LogP contribution in [0.3, 0.4) is 0 Å². The van der Waals surface area contributed by atoms with Gasteiger partial charge in [-0.2, -0.15) is 0 Å². The molecule has 5 nitrogen and oxygen atoms in total. The molecule has 1 heterocycles. The lowest BCUT2D eigenvalue weighted by molar-refractivity contribution is 0.0713. The van der Waals surface area contributed by atoms with E-state index in [2.05, 4.69) is 0 Å². The van der Waals surface area contributed by atoms with Gasteiger partial charge in [0.1, 0.15) is 4.75 Å². The van der Waals surface area contributed by atoms with Gasteiger partial charge < -0.3 is 0 Å². The molecule has 1 fully saturated rings. The highest BCUT2D eigenvalue weighted by Gasteiger charge is 2.66. The molecule has 5 rings (SSSR count). The molecule has 2 aromatic carbocycles. The Hall–Kier alpha value is -2.38. The Morgan fingerprint density at radius 1 is 0.968 bits per heavy atom. The van der Waals surface area contributed by atoms with E-state index >= 15 is 0 Å². The van der Waals surface area contributed by atoms with Gasteiger partial charge in [-0.05, 0) is 25.3 Å². The third-order valence-electron chi connectivity index (χ3n) is 6.92. The molecule has 31 heavy (non-hydrogen) atoms. The first-order valence-corrected chi connectivity index (χ1v) is 13.3. The number of benzene rings is 2. The molecular weight excluding hydrogens is 432 g/mol. The number of sulfone groups is 1. The van der Waals surface area contributed by atoms with Gasteiger partial charge in [-0.25, -0.2) is 8.42 Å². The van der Waals surface area contributed by atoms with Gasteiger partial charge in [-0.1, -0.05) is 60.2 Å². The van der Waals surface area contributed by atoms with E-state index in [1.165, 1.54) is 0 Å². The standard InChI is InChI=1S/C24H22O5S2/c1-15-13-20-21(25)17-9-5-6-10-18(17)23(26)24(20,19-11-12-31(28,29)22(15)19)30(27)14-16-7-3-2-4-8-16/h2-10,19-20H,11-14H2,1H3/t19-,20+,24+,30+/m1/s1. The lowest BCUT2D eigenvalue weighted by atomic mass is 9.62. The molecule has 2 aromatic rings. The van der Waals surface area contributed by atoms with E-state index in [9.17, 15) is 22.2 Å². The maximum absolute atomic E-state index is 14.1. The van der Waals surface area contributed by atoms with Crippen molar-refractivity contribution in [3.63, 3.8) is 0 Å². The van der Waals surface area contributed by atoms with Crippen LogP contribution < -0.4 is 0 Å². The Kier molecular flexibility index (Phi) is 4.68. The highest BCUT2D eigenvalue weighted by atomic mass is 32.2. The first kappa shape index (κ1) is 20.5. The molecule has 4 atom stereocenters. The van der Waals surface area contributed by atoms with Crippen molar-refractivity contribution in [1.29, 1.82) is 0 Å². The summed E-state index contributed by atoms with van der Waals surface area (Å²) in [6, 6.07) is 15.8. The second kappa shape index (κ2) is 7.07. The lowest BCUT2D eigenvalue weighted by Gasteiger charge is -2.48. The maximum atomic E-state index is 14.1. The summed E-state index contributed by atoms with van der Waals surface area (Å²) in [6.07, 6.45) is 0.359. The first-order valence-electron chi connectivity index (χ1n) is 10.3. The lowest BCUT2D eigenvalue weighted by Crippen LogP contribution is -2.62. The first-order chi connectivity index (χ1) is 14.8. The molecule has 1 saturated heterocycles. The van der Waals surface area contributed by atoms with Crippen molar-refractivity contribution in [2.24, 2.45) is 11.8 Å². The zero-order valence-electron chi connectivity index (χ0n) is 17.0. The van der Waals surface area contributed by atoms with Gasteiger partial charge >= 0.3 is 0 Å². The highest BCUT2D eigenvalue weighted by Crippen LogP contribution is 2.56. The van der Waals surface area contributed by atoms with Crippen molar-refractivity contribution in [2.45, 2.75) is 30.3 Å². The molecular formula is C24H22O5S2. The second-order valence-electron chi connectivity index (χ2n) is 8.57. The van der Waals surface area contributed by atoms with Gasteiger partial charge in [0.15, 0.2) is 21.4 Å². The summed E-state index contributed by atoms with van der Waals surface area (Å²) in [5.74, 6) is -2.09. The van der Waals surface area contributed by atoms with Crippen molar-refractivity contribution < 1.29 is 22.2 Å². The largest absolute Gasteiger partial charge is 0.294 e. The molecule has 0 amide bonds. The summed E-state index contributed by atoms with van der Waals surface area (Å²) >= 11 is 0. The monoisotopic (exact) mass is 454 g/mol. The summed E-state index contributed by atoms with van der Waals surface area (Å²) < 4.78 is 38.3. The van der Waals surface area contributed by atoms with E-state index in [1.807, 2.05) is 30.3 Å². The number of rotatable bonds is 3. The smallest absolute Gasteiger partial charge is 0.183 e. The summed E-state index contributed by atoms with van der Waals surface area (Å²) in [7, 11) is -5.31. The SMILES string of the molecule is CC1=C2[C@@H](CCS2(=O)=O)[C@@]2([S@@](=O)Cc3ccccc3)C(=O)c3ccccc3C(=O)[C@@H]2C1. The molecule has 0 spiro atoms. The minimum atomic E-state index is -3.53. The van der Waals surface area contributed by atoms with Crippen LogP contribution >= 0.6 is 0 Å². The molecule has 0 aromatic heterocycles. The highest BCUT2D eigenvalue weighted by molar-refractivity contribution is 7.95. The van der Waals surface area contributed by atoms with E-state index in [0.29, 0.717) is 11.1 Å². The summed E-state index contributed by atoms with van der Waals surface area (Å²) in [5, 5.41) is 0. The second-order valence-corrected chi connectivity index (χ2v) is 12.3. The van der Waals surface area contributed by atoms with Crippen LogP contribution in [0.2, 0.25) is 0 Å². The number of Topliss-reactive ketones (excluding diaryl/α,β-unsaturated/α-hetero) is 2. The fraction of sp³-hybridized carbons (Fsp3) is 0.333.